The number of carbonyl (C=O) groups excluding carboxylic acids is 3. The molecule has 3 rings (SSSR count). The van der Waals surface area contributed by atoms with Crippen LogP contribution in [0.25, 0.3) is 0 Å². The molecule has 0 fully saturated rings. The summed E-state index contributed by atoms with van der Waals surface area (Å²) in [6.07, 6.45) is 0.499. The van der Waals surface area contributed by atoms with E-state index in [0.29, 0.717) is 19.1 Å². The molecule has 0 bridgehead atoms. The van der Waals surface area contributed by atoms with Crippen LogP contribution in [0.4, 0.5) is 14.5 Å². The average Bonchev–Trinajstić information content (AvgIpc) is 2.88. The minimum absolute atomic E-state index is 0.0809. The molecule has 140 valence electrons. The Labute approximate surface area is 153 Å². The second-order valence-corrected chi connectivity index (χ2v) is 5.95. The Kier molecular flexibility index (Phi) is 5.27. The number of imide groups is 1. The number of benzene rings is 2. The van der Waals surface area contributed by atoms with E-state index in [2.05, 4.69) is 5.32 Å². The number of ether oxygens (including phenoxy) is 1. The molecular weight excluding hydrogens is 358 g/mol. The van der Waals surface area contributed by atoms with Crippen LogP contribution in [0.2, 0.25) is 0 Å². The molecule has 2 aromatic carbocycles. The molecule has 2 aromatic rings. The summed E-state index contributed by atoms with van der Waals surface area (Å²) in [6, 6.07) is 6.83. The third kappa shape index (κ3) is 3.70. The lowest BCUT2D eigenvalue weighted by Gasteiger charge is -2.12. The summed E-state index contributed by atoms with van der Waals surface area (Å²) in [5.74, 6) is -3.28. The van der Waals surface area contributed by atoms with Gasteiger partial charge in [-0.2, -0.15) is 0 Å². The van der Waals surface area contributed by atoms with Gasteiger partial charge in [0.05, 0.1) is 16.8 Å². The fourth-order valence-electron chi connectivity index (χ4n) is 2.79. The standard InChI is InChI=1S/C19H16F2N2O4/c1-27-8-2-7-23-18(25)13-5-3-11(9-14(13)19(23)26)17(24)22-16-6-4-12(20)10-15(16)21/h3-6,9-10H,2,7-8H2,1H3,(H,22,24). The Morgan fingerprint density at radius 1 is 1.07 bits per heavy atom. The molecule has 3 amide bonds. The van der Waals surface area contributed by atoms with Crippen molar-refractivity contribution in [3.8, 4) is 0 Å². The van der Waals surface area contributed by atoms with Gasteiger partial charge in [-0.05, 0) is 36.8 Å². The molecule has 8 heteroatoms. The fourth-order valence-corrected chi connectivity index (χ4v) is 2.79. The lowest BCUT2D eigenvalue weighted by atomic mass is 10.1. The summed E-state index contributed by atoms with van der Waals surface area (Å²) < 4.78 is 31.6. The number of hydrogen-bond donors (Lipinski definition) is 1. The highest BCUT2D eigenvalue weighted by atomic mass is 19.1. The van der Waals surface area contributed by atoms with Crippen molar-refractivity contribution >= 4 is 23.4 Å². The van der Waals surface area contributed by atoms with Gasteiger partial charge in [0.2, 0.25) is 0 Å². The van der Waals surface area contributed by atoms with E-state index in [4.69, 9.17) is 4.74 Å². The van der Waals surface area contributed by atoms with Gasteiger partial charge in [0.25, 0.3) is 17.7 Å². The van der Waals surface area contributed by atoms with Gasteiger partial charge in [0.1, 0.15) is 11.6 Å². The molecule has 1 heterocycles. The number of hydrogen-bond acceptors (Lipinski definition) is 4. The highest BCUT2D eigenvalue weighted by Crippen LogP contribution is 2.25. The largest absolute Gasteiger partial charge is 0.385 e. The highest BCUT2D eigenvalue weighted by molar-refractivity contribution is 6.22. The van der Waals surface area contributed by atoms with Crippen molar-refractivity contribution in [2.24, 2.45) is 0 Å². The van der Waals surface area contributed by atoms with Crippen LogP contribution in [0.1, 0.15) is 37.5 Å². The summed E-state index contributed by atoms with van der Waals surface area (Å²) >= 11 is 0. The lowest BCUT2D eigenvalue weighted by molar-refractivity contribution is 0.0638. The van der Waals surface area contributed by atoms with E-state index in [1.165, 1.54) is 25.3 Å². The zero-order valence-corrected chi connectivity index (χ0v) is 14.4. The molecule has 1 aliphatic rings. The maximum Gasteiger partial charge on any atom is 0.261 e. The van der Waals surface area contributed by atoms with Crippen molar-refractivity contribution in [2.45, 2.75) is 6.42 Å². The van der Waals surface area contributed by atoms with Crippen molar-refractivity contribution in [3.05, 3.63) is 64.7 Å². The van der Waals surface area contributed by atoms with Crippen molar-refractivity contribution in [1.82, 2.24) is 4.90 Å². The highest BCUT2D eigenvalue weighted by Gasteiger charge is 2.35. The first-order valence-corrected chi connectivity index (χ1v) is 8.18. The second-order valence-electron chi connectivity index (χ2n) is 5.95. The van der Waals surface area contributed by atoms with Crippen LogP contribution in [-0.4, -0.2) is 42.9 Å². The number of nitrogens with zero attached hydrogens (tertiary/aromatic N) is 1. The summed E-state index contributed by atoms with van der Waals surface area (Å²) in [5, 5.41) is 2.32. The Hall–Kier alpha value is -3.13. The van der Waals surface area contributed by atoms with Gasteiger partial charge in [0.15, 0.2) is 0 Å². The zero-order chi connectivity index (χ0) is 19.6. The van der Waals surface area contributed by atoms with Crippen LogP contribution in [0.5, 0.6) is 0 Å². The quantitative estimate of drug-likeness (QED) is 0.623. The summed E-state index contributed by atoms with van der Waals surface area (Å²) in [4.78, 5) is 38.2. The average molecular weight is 374 g/mol. The summed E-state index contributed by atoms with van der Waals surface area (Å²) in [5.41, 5.74) is 0.217. The molecule has 0 saturated heterocycles. The minimum atomic E-state index is -0.917. The summed E-state index contributed by atoms with van der Waals surface area (Å²) in [7, 11) is 1.53. The normalized spacial score (nSPS) is 13.1. The molecule has 0 aromatic heterocycles. The zero-order valence-electron chi connectivity index (χ0n) is 14.4. The topological polar surface area (TPSA) is 75.7 Å². The second kappa shape index (κ2) is 7.63. The van der Waals surface area contributed by atoms with Crippen molar-refractivity contribution < 1.29 is 27.9 Å². The van der Waals surface area contributed by atoms with Gasteiger partial charge in [-0.3, -0.25) is 19.3 Å². The number of halogens is 2. The molecule has 6 nitrogen and oxygen atoms in total. The van der Waals surface area contributed by atoms with E-state index in [1.807, 2.05) is 0 Å². The lowest BCUT2D eigenvalue weighted by Crippen LogP contribution is -2.31. The van der Waals surface area contributed by atoms with Gasteiger partial charge < -0.3 is 10.1 Å². The van der Waals surface area contributed by atoms with Crippen LogP contribution >= 0.6 is 0 Å². The van der Waals surface area contributed by atoms with Gasteiger partial charge >= 0.3 is 0 Å². The van der Waals surface area contributed by atoms with E-state index >= 15 is 0 Å². The first-order valence-electron chi connectivity index (χ1n) is 8.18. The number of fused-ring (bicyclic) bond motifs is 1. The Bertz CT molecular complexity index is 930. The number of anilines is 1. The maximum absolute atomic E-state index is 13.7. The Balaban J connectivity index is 1.80. The number of carbonyl (C=O) groups is 3. The molecule has 0 atom stereocenters. The monoisotopic (exact) mass is 374 g/mol. The van der Waals surface area contributed by atoms with Gasteiger partial charge in [0, 0.05) is 31.9 Å². The van der Waals surface area contributed by atoms with Crippen molar-refractivity contribution in [3.63, 3.8) is 0 Å². The number of nitrogens with one attached hydrogen (secondary N) is 1. The van der Waals surface area contributed by atoms with Crippen LogP contribution in [-0.2, 0) is 4.74 Å². The van der Waals surface area contributed by atoms with E-state index < -0.39 is 29.4 Å². The van der Waals surface area contributed by atoms with E-state index in [1.54, 1.807) is 0 Å². The Morgan fingerprint density at radius 3 is 2.52 bits per heavy atom. The van der Waals surface area contributed by atoms with Crippen molar-refractivity contribution in [1.29, 1.82) is 0 Å². The fraction of sp³-hybridized carbons (Fsp3) is 0.211. The minimum Gasteiger partial charge on any atom is -0.385 e. The first-order chi connectivity index (χ1) is 12.9. The molecule has 0 radical (unpaired) electrons. The van der Waals surface area contributed by atoms with E-state index in [9.17, 15) is 23.2 Å². The molecule has 0 spiro atoms. The molecule has 0 saturated carbocycles. The van der Waals surface area contributed by atoms with Crippen LogP contribution in [0.15, 0.2) is 36.4 Å². The third-order valence-corrected chi connectivity index (χ3v) is 4.14. The van der Waals surface area contributed by atoms with Crippen LogP contribution in [0.3, 0.4) is 0 Å². The first kappa shape index (κ1) is 18.7. The molecule has 0 aliphatic carbocycles. The SMILES string of the molecule is COCCCN1C(=O)c2ccc(C(=O)Nc3ccc(F)cc3F)cc2C1=O. The number of methoxy groups -OCH3 is 1. The molecule has 0 unspecified atom stereocenters. The Morgan fingerprint density at radius 2 is 1.81 bits per heavy atom. The smallest absolute Gasteiger partial charge is 0.261 e. The third-order valence-electron chi connectivity index (χ3n) is 4.14. The molecule has 1 aliphatic heterocycles. The van der Waals surface area contributed by atoms with Crippen LogP contribution in [0, 0.1) is 11.6 Å². The molecular formula is C19H16F2N2O4. The summed E-state index contributed by atoms with van der Waals surface area (Å²) in [6.45, 7) is 0.618. The predicted octanol–water partition coefficient (Wildman–Crippen LogP) is 2.85. The predicted molar refractivity (Wildman–Crippen MR) is 92.6 cm³/mol. The number of amides is 3. The van der Waals surface area contributed by atoms with Gasteiger partial charge in [-0.15, -0.1) is 0 Å². The van der Waals surface area contributed by atoms with E-state index in [0.717, 1.165) is 17.0 Å². The van der Waals surface area contributed by atoms with E-state index in [-0.39, 0.29) is 28.9 Å². The van der Waals surface area contributed by atoms with Gasteiger partial charge in [-0.1, -0.05) is 0 Å². The molecule has 27 heavy (non-hydrogen) atoms. The van der Waals surface area contributed by atoms with Gasteiger partial charge in [-0.25, -0.2) is 8.78 Å². The number of rotatable bonds is 6. The maximum atomic E-state index is 13.7. The van der Waals surface area contributed by atoms with Crippen molar-refractivity contribution in [2.75, 3.05) is 25.6 Å². The molecule has 1 N–H and O–H groups in total. The van der Waals surface area contributed by atoms with Crippen LogP contribution < -0.4 is 5.32 Å².